The smallest absolute Gasteiger partial charge is 0.162 e. The van der Waals surface area contributed by atoms with Crippen molar-refractivity contribution in [1.29, 1.82) is 0 Å². The Morgan fingerprint density at radius 3 is 2.50 bits per heavy atom. The Hall–Kier alpha value is -0.960. The maximum absolute atomic E-state index is 13.7. The molecule has 1 aromatic rings. The zero-order valence-electron chi connectivity index (χ0n) is 11.0. The zero-order chi connectivity index (χ0) is 13.4. The molecule has 2 rings (SSSR count). The molecule has 1 saturated carbocycles. The molecule has 1 fully saturated rings. The average molecular weight is 254 g/mol. The summed E-state index contributed by atoms with van der Waals surface area (Å²) in [5.41, 5.74) is -0.934. The first kappa shape index (κ1) is 13.5. The predicted octanol–water partition coefficient (Wildman–Crippen LogP) is 3.84. The van der Waals surface area contributed by atoms with Crippen LogP contribution < -0.4 is 0 Å². The third kappa shape index (κ3) is 2.28. The fourth-order valence-electron chi connectivity index (χ4n) is 2.88. The van der Waals surface area contributed by atoms with Crippen molar-refractivity contribution in [3.63, 3.8) is 0 Å². The Kier molecular flexibility index (Phi) is 3.45. The van der Waals surface area contributed by atoms with E-state index in [2.05, 4.69) is 0 Å². The summed E-state index contributed by atoms with van der Waals surface area (Å²) in [6, 6.07) is 4.16. The van der Waals surface area contributed by atoms with Crippen molar-refractivity contribution >= 4 is 0 Å². The summed E-state index contributed by atoms with van der Waals surface area (Å²) in [5.74, 6) is -1.67. The lowest BCUT2D eigenvalue weighted by Gasteiger charge is -2.46. The van der Waals surface area contributed by atoms with Gasteiger partial charge < -0.3 is 5.11 Å². The molecular formula is C15H20F2O. The van der Waals surface area contributed by atoms with Crippen LogP contribution in [0.1, 0.15) is 45.1 Å². The molecule has 0 spiro atoms. The Balaban J connectivity index is 2.29. The van der Waals surface area contributed by atoms with Crippen LogP contribution in [0.25, 0.3) is 0 Å². The normalized spacial score (nSPS) is 27.2. The van der Waals surface area contributed by atoms with E-state index in [4.69, 9.17) is 0 Å². The number of benzene rings is 1. The van der Waals surface area contributed by atoms with Crippen LogP contribution in [0, 0.1) is 17.0 Å². The first-order valence-electron chi connectivity index (χ1n) is 6.51. The molecule has 3 heteroatoms. The van der Waals surface area contributed by atoms with E-state index in [-0.39, 0.29) is 17.4 Å². The standard InChI is InChI=1S/C15H20F2O/c1-14(2)8-3-4-9-15(14,18)10-11-6-5-7-12(16)13(11)17/h5-7,18H,3-4,8-10H2,1-2H3. The molecule has 1 aromatic carbocycles. The van der Waals surface area contributed by atoms with Gasteiger partial charge in [-0.2, -0.15) is 0 Å². The number of halogens is 2. The van der Waals surface area contributed by atoms with E-state index >= 15 is 0 Å². The largest absolute Gasteiger partial charge is 0.389 e. The topological polar surface area (TPSA) is 20.2 Å². The average Bonchev–Trinajstić information content (AvgIpc) is 2.29. The SMILES string of the molecule is CC1(C)CCCCC1(O)Cc1cccc(F)c1F. The number of rotatable bonds is 2. The maximum atomic E-state index is 13.7. The summed E-state index contributed by atoms with van der Waals surface area (Å²) in [6.07, 6.45) is 3.78. The summed E-state index contributed by atoms with van der Waals surface area (Å²) < 4.78 is 26.9. The molecule has 18 heavy (non-hydrogen) atoms. The van der Waals surface area contributed by atoms with Crippen molar-refractivity contribution in [2.24, 2.45) is 5.41 Å². The van der Waals surface area contributed by atoms with Crippen LogP contribution in [0.2, 0.25) is 0 Å². The highest BCUT2D eigenvalue weighted by Gasteiger charge is 2.45. The first-order valence-corrected chi connectivity index (χ1v) is 6.51. The second-order valence-corrected chi connectivity index (χ2v) is 6.01. The molecule has 1 N–H and O–H groups in total. The van der Waals surface area contributed by atoms with E-state index in [1.54, 1.807) is 6.07 Å². The molecule has 0 saturated heterocycles. The van der Waals surface area contributed by atoms with Gasteiger partial charge in [-0.1, -0.05) is 38.8 Å². The minimum absolute atomic E-state index is 0.184. The summed E-state index contributed by atoms with van der Waals surface area (Å²) in [4.78, 5) is 0. The molecule has 0 aromatic heterocycles. The minimum Gasteiger partial charge on any atom is -0.389 e. The molecule has 0 heterocycles. The molecule has 0 amide bonds. The van der Waals surface area contributed by atoms with E-state index in [1.165, 1.54) is 6.07 Å². The fraction of sp³-hybridized carbons (Fsp3) is 0.600. The van der Waals surface area contributed by atoms with Gasteiger partial charge in [-0.3, -0.25) is 0 Å². The second-order valence-electron chi connectivity index (χ2n) is 6.01. The van der Waals surface area contributed by atoms with Crippen LogP contribution in [0.4, 0.5) is 8.78 Å². The monoisotopic (exact) mass is 254 g/mol. The Morgan fingerprint density at radius 2 is 1.83 bits per heavy atom. The molecule has 1 unspecified atom stereocenters. The number of hydrogen-bond acceptors (Lipinski definition) is 1. The van der Waals surface area contributed by atoms with Gasteiger partial charge in [-0.05, 0) is 29.9 Å². The van der Waals surface area contributed by atoms with Crippen molar-refractivity contribution in [2.45, 2.75) is 51.6 Å². The third-order valence-electron chi connectivity index (χ3n) is 4.42. The lowest BCUT2D eigenvalue weighted by molar-refractivity contribution is -0.0963. The van der Waals surface area contributed by atoms with Crippen molar-refractivity contribution in [2.75, 3.05) is 0 Å². The molecule has 100 valence electrons. The molecule has 0 aliphatic heterocycles. The van der Waals surface area contributed by atoms with Gasteiger partial charge in [0.05, 0.1) is 5.60 Å². The van der Waals surface area contributed by atoms with E-state index in [9.17, 15) is 13.9 Å². The van der Waals surface area contributed by atoms with Crippen molar-refractivity contribution in [3.8, 4) is 0 Å². The highest BCUT2D eigenvalue weighted by Crippen LogP contribution is 2.45. The van der Waals surface area contributed by atoms with E-state index < -0.39 is 17.2 Å². The van der Waals surface area contributed by atoms with Crippen LogP contribution >= 0.6 is 0 Å². The lowest BCUT2D eigenvalue weighted by atomic mass is 9.63. The predicted molar refractivity (Wildman–Crippen MR) is 67.3 cm³/mol. The summed E-state index contributed by atoms with van der Waals surface area (Å²) in [7, 11) is 0. The summed E-state index contributed by atoms with van der Waals surface area (Å²) in [5, 5.41) is 10.8. The molecule has 1 aliphatic carbocycles. The van der Waals surface area contributed by atoms with Gasteiger partial charge in [0.2, 0.25) is 0 Å². The molecule has 1 nitrogen and oxygen atoms in total. The summed E-state index contributed by atoms with van der Waals surface area (Å²) in [6.45, 7) is 4.01. The molecule has 0 bridgehead atoms. The van der Waals surface area contributed by atoms with Gasteiger partial charge in [0.15, 0.2) is 11.6 Å². The third-order valence-corrected chi connectivity index (χ3v) is 4.42. The van der Waals surface area contributed by atoms with Gasteiger partial charge in [0, 0.05) is 6.42 Å². The minimum atomic E-state index is -0.945. The fourth-order valence-corrected chi connectivity index (χ4v) is 2.88. The van der Waals surface area contributed by atoms with Crippen LogP contribution in [0.3, 0.4) is 0 Å². The van der Waals surface area contributed by atoms with Gasteiger partial charge in [-0.15, -0.1) is 0 Å². The zero-order valence-corrected chi connectivity index (χ0v) is 11.0. The first-order chi connectivity index (χ1) is 8.36. The van der Waals surface area contributed by atoms with Crippen molar-refractivity contribution in [1.82, 2.24) is 0 Å². The Morgan fingerprint density at radius 1 is 1.17 bits per heavy atom. The Labute approximate surface area is 107 Å². The van der Waals surface area contributed by atoms with E-state index in [0.717, 1.165) is 25.3 Å². The van der Waals surface area contributed by atoms with Crippen molar-refractivity contribution < 1.29 is 13.9 Å². The molecular weight excluding hydrogens is 234 g/mol. The van der Waals surface area contributed by atoms with E-state index in [1.807, 2.05) is 13.8 Å². The van der Waals surface area contributed by atoms with Crippen LogP contribution in [0.5, 0.6) is 0 Å². The van der Waals surface area contributed by atoms with Crippen LogP contribution in [-0.4, -0.2) is 10.7 Å². The van der Waals surface area contributed by atoms with Crippen LogP contribution in [0.15, 0.2) is 18.2 Å². The summed E-state index contributed by atoms with van der Waals surface area (Å²) >= 11 is 0. The molecule has 1 aliphatic rings. The lowest BCUT2D eigenvalue weighted by Crippen LogP contribution is -2.49. The highest BCUT2D eigenvalue weighted by molar-refractivity contribution is 5.22. The van der Waals surface area contributed by atoms with Crippen LogP contribution in [-0.2, 0) is 6.42 Å². The second kappa shape index (κ2) is 4.61. The van der Waals surface area contributed by atoms with Gasteiger partial charge >= 0.3 is 0 Å². The van der Waals surface area contributed by atoms with Crippen molar-refractivity contribution in [3.05, 3.63) is 35.4 Å². The van der Waals surface area contributed by atoms with E-state index in [0.29, 0.717) is 6.42 Å². The molecule has 0 radical (unpaired) electrons. The quantitative estimate of drug-likeness (QED) is 0.850. The van der Waals surface area contributed by atoms with Gasteiger partial charge in [0.25, 0.3) is 0 Å². The highest BCUT2D eigenvalue weighted by atomic mass is 19.2. The maximum Gasteiger partial charge on any atom is 0.162 e. The Bertz CT molecular complexity index is 442. The molecule has 1 atom stereocenters. The van der Waals surface area contributed by atoms with Gasteiger partial charge in [-0.25, -0.2) is 8.78 Å². The van der Waals surface area contributed by atoms with Gasteiger partial charge in [0.1, 0.15) is 0 Å². The number of aliphatic hydroxyl groups is 1. The number of hydrogen-bond donors (Lipinski definition) is 1.